The van der Waals surface area contributed by atoms with Crippen molar-refractivity contribution < 1.29 is 17.2 Å². The van der Waals surface area contributed by atoms with Gasteiger partial charge in [0.25, 0.3) is 10.0 Å². The van der Waals surface area contributed by atoms with Crippen LogP contribution in [0.1, 0.15) is 5.56 Å². The molecule has 0 saturated heterocycles. The molecule has 4 nitrogen and oxygen atoms in total. The third-order valence-electron chi connectivity index (χ3n) is 2.66. The molecule has 0 aliphatic carbocycles. The van der Waals surface area contributed by atoms with Crippen molar-refractivity contribution in [1.29, 1.82) is 0 Å². The number of hydrogen-bond acceptors (Lipinski definition) is 3. The average molecular weight is 308 g/mol. The Kier molecular flexibility index (Phi) is 3.82. The van der Waals surface area contributed by atoms with E-state index in [1.165, 1.54) is 12.1 Å². The molecule has 0 unspecified atom stereocenters. The van der Waals surface area contributed by atoms with Gasteiger partial charge < -0.3 is 5.73 Å². The van der Waals surface area contributed by atoms with Crippen molar-refractivity contribution in [3.63, 3.8) is 0 Å². The van der Waals surface area contributed by atoms with E-state index in [4.69, 9.17) is 12.2 Å². The highest BCUT2D eigenvalue weighted by atomic mass is 32.2. The third kappa shape index (κ3) is 2.95. The summed E-state index contributed by atoms with van der Waals surface area (Å²) >= 11 is 0. The van der Waals surface area contributed by atoms with Crippen molar-refractivity contribution in [2.75, 3.05) is 10.5 Å². The molecule has 2 aromatic rings. The van der Waals surface area contributed by atoms with Crippen molar-refractivity contribution in [1.82, 2.24) is 0 Å². The molecule has 0 saturated carbocycles. The van der Waals surface area contributed by atoms with Gasteiger partial charge in [0.05, 0.1) is 5.69 Å². The van der Waals surface area contributed by atoms with Gasteiger partial charge in [-0.05, 0) is 30.3 Å². The SMILES string of the molecule is C#Cc1cccc(NS(=O)(=O)c2ccc(F)c(N)c2F)c1. The molecule has 0 amide bonds. The molecule has 108 valence electrons. The molecule has 21 heavy (non-hydrogen) atoms. The summed E-state index contributed by atoms with van der Waals surface area (Å²) in [5.41, 5.74) is 4.91. The van der Waals surface area contributed by atoms with Gasteiger partial charge in [-0.2, -0.15) is 0 Å². The summed E-state index contributed by atoms with van der Waals surface area (Å²) in [6.45, 7) is 0. The maximum atomic E-state index is 13.8. The van der Waals surface area contributed by atoms with Gasteiger partial charge in [0, 0.05) is 5.56 Å². The predicted molar refractivity (Wildman–Crippen MR) is 76.0 cm³/mol. The van der Waals surface area contributed by atoms with Gasteiger partial charge in [-0.1, -0.05) is 12.0 Å². The van der Waals surface area contributed by atoms with Crippen LogP contribution in [0.2, 0.25) is 0 Å². The van der Waals surface area contributed by atoms with Crippen LogP contribution in [-0.4, -0.2) is 8.42 Å². The van der Waals surface area contributed by atoms with Gasteiger partial charge in [-0.15, -0.1) is 6.42 Å². The molecule has 0 fully saturated rings. The fourth-order valence-corrected chi connectivity index (χ4v) is 2.78. The van der Waals surface area contributed by atoms with Crippen LogP contribution in [0, 0.1) is 24.0 Å². The van der Waals surface area contributed by atoms with E-state index >= 15 is 0 Å². The third-order valence-corrected chi connectivity index (χ3v) is 4.06. The molecule has 0 aromatic heterocycles. The lowest BCUT2D eigenvalue weighted by molar-refractivity contribution is 0.557. The number of nitrogens with two attached hydrogens (primary N) is 1. The van der Waals surface area contributed by atoms with Crippen molar-refractivity contribution in [3.8, 4) is 12.3 Å². The summed E-state index contributed by atoms with van der Waals surface area (Å²) in [5.74, 6) is -0.0221. The second kappa shape index (κ2) is 5.42. The molecule has 3 N–H and O–H groups in total. The topological polar surface area (TPSA) is 72.2 Å². The maximum Gasteiger partial charge on any atom is 0.264 e. The molecule has 0 atom stereocenters. The molecule has 7 heteroatoms. The van der Waals surface area contributed by atoms with E-state index in [2.05, 4.69) is 10.6 Å². The monoisotopic (exact) mass is 308 g/mol. The minimum atomic E-state index is -4.25. The lowest BCUT2D eigenvalue weighted by Gasteiger charge is -2.10. The number of sulfonamides is 1. The minimum absolute atomic E-state index is 0.160. The van der Waals surface area contributed by atoms with Crippen LogP contribution in [0.15, 0.2) is 41.3 Å². The largest absolute Gasteiger partial charge is 0.394 e. The van der Waals surface area contributed by atoms with Crippen LogP contribution in [0.25, 0.3) is 0 Å². The normalized spacial score (nSPS) is 10.9. The Balaban J connectivity index is 2.44. The smallest absolute Gasteiger partial charge is 0.264 e. The number of rotatable bonds is 3. The van der Waals surface area contributed by atoms with E-state index in [-0.39, 0.29) is 5.69 Å². The van der Waals surface area contributed by atoms with Gasteiger partial charge in [-0.25, -0.2) is 17.2 Å². The van der Waals surface area contributed by atoms with E-state index in [0.29, 0.717) is 5.56 Å². The summed E-state index contributed by atoms with van der Waals surface area (Å²) in [5, 5.41) is 0. The van der Waals surface area contributed by atoms with Crippen molar-refractivity contribution in [2.24, 2.45) is 0 Å². The van der Waals surface area contributed by atoms with Gasteiger partial charge in [0.1, 0.15) is 16.4 Å². The molecule has 0 radical (unpaired) electrons. The Hall–Kier alpha value is -2.59. The molecule has 2 rings (SSSR count). The Morgan fingerprint density at radius 1 is 1.19 bits per heavy atom. The predicted octanol–water partition coefficient (Wildman–Crippen LogP) is 2.33. The molecule has 0 spiro atoms. The number of benzene rings is 2. The Morgan fingerprint density at radius 3 is 2.57 bits per heavy atom. The van der Waals surface area contributed by atoms with E-state index in [1.807, 2.05) is 0 Å². The zero-order valence-corrected chi connectivity index (χ0v) is 11.4. The second-order valence-corrected chi connectivity index (χ2v) is 5.75. The summed E-state index contributed by atoms with van der Waals surface area (Å²) in [6, 6.07) is 7.58. The summed E-state index contributed by atoms with van der Waals surface area (Å²) in [7, 11) is -4.25. The number of anilines is 2. The summed E-state index contributed by atoms with van der Waals surface area (Å²) in [4.78, 5) is -0.743. The van der Waals surface area contributed by atoms with E-state index < -0.39 is 32.2 Å². The molecule has 2 aromatic carbocycles. The molecular formula is C14H10F2N2O2S. The first kappa shape index (κ1) is 14.8. The molecule has 0 aliphatic rings. The quantitative estimate of drug-likeness (QED) is 0.675. The number of nitrogen functional groups attached to an aromatic ring is 1. The zero-order valence-electron chi connectivity index (χ0n) is 10.6. The van der Waals surface area contributed by atoms with Crippen molar-refractivity contribution in [2.45, 2.75) is 4.90 Å². The van der Waals surface area contributed by atoms with Gasteiger partial charge in [0.15, 0.2) is 5.82 Å². The highest BCUT2D eigenvalue weighted by Crippen LogP contribution is 2.24. The molecule has 0 aliphatic heterocycles. The fraction of sp³-hybridized carbons (Fsp3) is 0. The lowest BCUT2D eigenvalue weighted by Crippen LogP contribution is -2.16. The van der Waals surface area contributed by atoms with Crippen molar-refractivity contribution in [3.05, 3.63) is 53.6 Å². The average Bonchev–Trinajstić information content (AvgIpc) is 2.44. The standard InChI is InChI=1S/C14H10F2N2O2S/c1-2-9-4-3-5-10(8-9)18-21(19,20)12-7-6-11(15)14(17)13(12)16/h1,3-8,18H,17H2. The van der Waals surface area contributed by atoms with Crippen LogP contribution in [0.5, 0.6) is 0 Å². The number of hydrogen-bond donors (Lipinski definition) is 2. The first-order valence-electron chi connectivity index (χ1n) is 5.68. The van der Waals surface area contributed by atoms with Gasteiger partial charge in [-0.3, -0.25) is 4.72 Å². The molecular weight excluding hydrogens is 298 g/mol. The Bertz CT molecular complexity index is 843. The van der Waals surface area contributed by atoms with E-state index in [1.54, 1.807) is 12.1 Å². The number of halogens is 2. The number of nitrogens with one attached hydrogen (secondary N) is 1. The summed E-state index contributed by atoms with van der Waals surface area (Å²) in [6.07, 6.45) is 5.21. The highest BCUT2D eigenvalue weighted by Gasteiger charge is 2.22. The fourth-order valence-electron chi connectivity index (χ4n) is 1.64. The van der Waals surface area contributed by atoms with E-state index in [0.717, 1.165) is 12.1 Å². The van der Waals surface area contributed by atoms with Crippen LogP contribution in [0.4, 0.5) is 20.2 Å². The summed E-state index contributed by atoms with van der Waals surface area (Å²) < 4.78 is 53.2. The van der Waals surface area contributed by atoms with Gasteiger partial charge >= 0.3 is 0 Å². The lowest BCUT2D eigenvalue weighted by atomic mass is 10.2. The molecule has 0 heterocycles. The van der Waals surface area contributed by atoms with Crippen LogP contribution in [0.3, 0.4) is 0 Å². The van der Waals surface area contributed by atoms with Crippen LogP contribution >= 0.6 is 0 Å². The van der Waals surface area contributed by atoms with E-state index in [9.17, 15) is 17.2 Å². The second-order valence-electron chi connectivity index (χ2n) is 4.10. The maximum absolute atomic E-state index is 13.8. The van der Waals surface area contributed by atoms with Gasteiger partial charge in [0.2, 0.25) is 0 Å². The Morgan fingerprint density at radius 2 is 1.90 bits per heavy atom. The minimum Gasteiger partial charge on any atom is -0.394 e. The number of terminal acetylenes is 1. The zero-order chi connectivity index (χ0) is 15.6. The van der Waals surface area contributed by atoms with Crippen LogP contribution < -0.4 is 10.5 Å². The first-order chi connectivity index (χ1) is 9.85. The first-order valence-corrected chi connectivity index (χ1v) is 7.16. The Labute approximate surface area is 120 Å². The molecule has 0 bridgehead atoms. The highest BCUT2D eigenvalue weighted by molar-refractivity contribution is 7.92. The van der Waals surface area contributed by atoms with Crippen molar-refractivity contribution >= 4 is 21.4 Å². The van der Waals surface area contributed by atoms with Crippen LogP contribution in [-0.2, 0) is 10.0 Å².